The van der Waals surface area contributed by atoms with Crippen molar-refractivity contribution in [3.05, 3.63) is 138 Å². The number of nitrogens with zero attached hydrogens (tertiary/aromatic N) is 4. The van der Waals surface area contributed by atoms with Gasteiger partial charge in [0.1, 0.15) is 23.1 Å². The van der Waals surface area contributed by atoms with Crippen LogP contribution in [0.1, 0.15) is 46.2 Å². The van der Waals surface area contributed by atoms with Crippen LogP contribution in [0.4, 0.5) is 0 Å². The zero-order valence-corrected chi connectivity index (χ0v) is 40.4. The van der Waals surface area contributed by atoms with Crippen molar-refractivity contribution in [2.75, 3.05) is 66.6 Å². The van der Waals surface area contributed by atoms with Crippen molar-refractivity contribution in [1.82, 2.24) is 19.6 Å². The zero-order valence-electron chi connectivity index (χ0n) is 37.4. The maximum absolute atomic E-state index is 14.6. The van der Waals surface area contributed by atoms with Gasteiger partial charge >= 0.3 is 11.9 Å². The molecule has 14 nitrogen and oxygen atoms in total. The van der Waals surface area contributed by atoms with E-state index in [0.717, 1.165) is 12.2 Å². The molecule has 2 unspecified atom stereocenters. The number of methoxy groups -OCH3 is 2. The summed E-state index contributed by atoms with van der Waals surface area (Å²) in [6, 6.07) is 20.3. The van der Waals surface area contributed by atoms with Gasteiger partial charge < -0.3 is 18.9 Å². The van der Waals surface area contributed by atoms with E-state index in [0.29, 0.717) is 80.9 Å². The molecule has 0 aliphatic carbocycles. The summed E-state index contributed by atoms with van der Waals surface area (Å²) in [6.07, 6.45) is 2.81. The number of rotatable bonds is 14. The van der Waals surface area contributed by atoms with Crippen LogP contribution in [0.15, 0.2) is 84.9 Å². The summed E-state index contributed by atoms with van der Waals surface area (Å²) < 4.78 is 24.5. The summed E-state index contributed by atoms with van der Waals surface area (Å²) in [5.41, 5.74) is -0.153. The number of fused-ring (bicyclic) bond motifs is 2. The highest BCUT2D eigenvalue weighted by Gasteiger charge is 2.53. The second kappa shape index (κ2) is 20.6. The number of benzene rings is 4. The first kappa shape index (κ1) is 49.0. The second-order valence-corrected chi connectivity index (χ2v) is 18.8. The maximum atomic E-state index is 14.6. The minimum atomic E-state index is -1.82. The van der Waals surface area contributed by atoms with Crippen molar-refractivity contribution in [1.29, 1.82) is 0 Å². The van der Waals surface area contributed by atoms with E-state index < -0.39 is 35.2 Å². The van der Waals surface area contributed by atoms with Crippen molar-refractivity contribution >= 4 is 81.7 Å². The molecule has 4 aromatic rings. The smallest absolute Gasteiger partial charge is 0.333 e. The summed E-state index contributed by atoms with van der Waals surface area (Å²) in [6.45, 7) is 0.872. The van der Waals surface area contributed by atoms with Crippen LogP contribution < -0.4 is 9.47 Å². The van der Waals surface area contributed by atoms with Gasteiger partial charge in [-0.1, -0.05) is 82.8 Å². The lowest BCUT2D eigenvalue weighted by molar-refractivity contribution is -0.199. The molecule has 0 spiro atoms. The predicted octanol–water partition coefficient (Wildman–Crippen LogP) is 6.77. The maximum Gasteiger partial charge on any atom is 0.333 e. The van der Waals surface area contributed by atoms with E-state index in [4.69, 9.17) is 65.4 Å². The topological polar surface area (TPSA) is 152 Å². The fourth-order valence-corrected chi connectivity index (χ4v) is 10.4. The molecule has 0 radical (unpaired) electrons. The first-order valence-corrected chi connectivity index (χ1v) is 23.6. The number of halogens is 4. The van der Waals surface area contributed by atoms with Crippen molar-refractivity contribution in [2.24, 2.45) is 0 Å². The van der Waals surface area contributed by atoms with Crippen LogP contribution in [-0.2, 0) is 75.4 Å². The molecule has 0 aromatic heterocycles. The van der Waals surface area contributed by atoms with Gasteiger partial charge in [0.15, 0.2) is 0 Å². The van der Waals surface area contributed by atoms with Crippen molar-refractivity contribution in [3.8, 4) is 11.5 Å². The molecule has 8 rings (SSSR count). The van der Waals surface area contributed by atoms with Gasteiger partial charge in [0.2, 0.25) is 23.3 Å². The highest BCUT2D eigenvalue weighted by Crippen LogP contribution is 2.44. The molecule has 4 aromatic carbocycles. The predicted molar refractivity (Wildman–Crippen MR) is 254 cm³/mol. The number of hydrogen-bond acceptors (Lipinski definition) is 12. The lowest BCUT2D eigenvalue weighted by atomic mass is 9.87. The van der Waals surface area contributed by atoms with E-state index in [2.05, 4.69) is 0 Å². The van der Waals surface area contributed by atoms with Crippen LogP contribution >= 0.6 is 46.4 Å². The van der Waals surface area contributed by atoms with Gasteiger partial charge in [-0.15, -0.1) is 0 Å². The summed E-state index contributed by atoms with van der Waals surface area (Å²) in [4.78, 5) is 90.1. The molecular weight excluding hydrogens is 958 g/mol. The lowest BCUT2D eigenvalue weighted by Crippen LogP contribution is -2.61. The van der Waals surface area contributed by atoms with E-state index in [-0.39, 0.29) is 86.6 Å². The lowest BCUT2D eigenvalue weighted by Gasteiger charge is -2.48. The third-order valence-corrected chi connectivity index (χ3v) is 14.3. The molecule has 0 bridgehead atoms. The summed E-state index contributed by atoms with van der Waals surface area (Å²) in [5.74, 6) is -1.81. The van der Waals surface area contributed by atoms with Gasteiger partial charge in [-0.3, -0.25) is 38.8 Å². The van der Waals surface area contributed by atoms with E-state index in [9.17, 15) is 28.8 Å². The highest BCUT2D eigenvalue weighted by molar-refractivity contribution is 6.42. The Hall–Kier alpha value is -5.48. The number of ketones is 2. The molecule has 68 heavy (non-hydrogen) atoms. The Labute approximate surface area is 413 Å². The van der Waals surface area contributed by atoms with Crippen molar-refractivity contribution in [2.45, 2.75) is 50.0 Å². The van der Waals surface area contributed by atoms with Gasteiger partial charge in [0.25, 0.3) is 0 Å². The molecule has 0 N–H and O–H groups in total. The Kier molecular flexibility index (Phi) is 14.9. The number of ether oxygens (including phenoxy) is 4. The second-order valence-electron chi connectivity index (χ2n) is 17.2. The van der Waals surface area contributed by atoms with Gasteiger partial charge in [0.05, 0.1) is 73.3 Å². The van der Waals surface area contributed by atoms with Crippen molar-refractivity contribution in [3.63, 3.8) is 0 Å². The minimum absolute atomic E-state index is 0.0110. The van der Waals surface area contributed by atoms with E-state index >= 15 is 0 Å². The standard InChI is InChI=1S/C50H48Cl4N4O10/c1-65-43-7-3-5-37-35(43)17-21-57(45(61)25-31-9-11-39(51)41(53)23-31)49(37,29-55-19-15-33(59)27-55)67-47(63)13-14-48(64)68-50(30-56-20-16-34(60)28-56)38-6-4-8-44(66-2)36(38)18-22-58(50)46(62)26-32-10-12-40(52)42(54)24-32/h3-14,23-24H,15-22,25-30H2,1-2H3/b14-13+. The third-order valence-electron chi connectivity index (χ3n) is 12.9. The van der Waals surface area contributed by atoms with Gasteiger partial charge in [-0.25, -0.2) is 9.59 Å². The number of carbonyl (C=O) groups is 6. The number of hydrogen-bond donors (Lipinski definition) is 0. The quantitative estimate of drug-likeness (QED) is 0.0969. The zero-order chi connectivity index (χ0) is 48.3. The fraction of sp³-hybridized carbons (Fsp3) is 0.360. The fourth-order valence-electron chi connectivity index (χ4n) is 9.77. The SMILES string of the molecule is COc1cccc2c1CCN(C(=O)Cc1ccc(Cl)c(Cl)c1)C2(CN1CCC(=O)C1)OC(=O)/C=C/C(=O)OC1(CN2CCC(=O)C2)c2cccc(OC)c2CCN1C(=O)Cc1ccc(Cl)c(Cl)c1. The van der Waals surface area contributed by atoms with E-state index in [1.807, 2.05) is 9.80 Å². The first-order chi connectivity index (χ1) is 32.6. The molecule has 4 heterocycles. The third kappa shape index (κ3) is 10.1. The van der Waals surface area contributed by atoms with E-state index in [1.54, 1.807) is 72.8 Å². The molecule has 2 fully saturated rings. The molecule has 0 saturated carbocycles. The number of carbonyl (C=O) groups excluding carboxylic acids is 6. The molecular formula is C50H48Cl4N4O10. The number of Topliss-reactive ketones (excluding diaryl/α,β-unsaturated/α-hetero) is 2. The van der Waals surface area contributed by atoms with Crippen LogP contribution in [-0.4, -0.2) is 121 Å². The number of likely N-dealkylation sites (tertiary alicyclic amines) is 2. The molecule has 356 valence electrons. The monoisotopic (exact) mass is 1000 g/mol. The van der Waals surface area contributed by atoms with Crippen LogP contribution in [0, 0.1) is 0 Å². The van der Waals surface area contributed by atoms with Crippen LogP contribution in [0.5, 0.6) is 11.5 Å². The largest absolute Gasteiger partial charge is 0.496 e. The number of esters is 2. The molecule has 4 aliphatic heterocycles. The average Bonchev–Trinajstić information content (AvgIpc) is 3.93. The molecule has 4 aliphatic rings. The first-order valence-electron chi connectivity index (χ1n) is 22.1. The molecule has 2 amide bonds. The normalized spacial score (nSPS) is 20.6. The van der Waals surface area contributed by atoms with Crippen LogP contribution in [0.2, 0.25) is 20.1 Å². The molecule has 18 heteroatoms. The molecule has 2 atom stereocenters. The summed E-state index contributed by atoms with van der Waals surface area (Å²) in [7, 11) is 3.05. The van der Waals surface area contributed by atoms with Crippen LogP contribution in [0.25, 0.3) is 0 Å². The summed E-state index contributed by atoms with van der Waals surface area (Å²) in [5, 5.41) is 1.17. The number of amides is 2. The Balaban J connectivity index is 1.16. The Morgan fingerprint density at radius 1 is 0.559 bits per heavy atom. The summed E-state index contributed by atoms with van der Waals surface area (Å²) >= 11 is 25.1. The molecule has 2 saturated heterocycles. The highest BCUT2D eigenvalue weighted by atomic mass is 35.5. The average molecular weight is 1010 g/mol. The Morgan fingerprint density at radius 3 is 1.32 bits per heavy atom. The van der Waals surface area contributed by atoms with Gasteiger partial charge in [-0.05, 0) is 60.4 Å². The Bertz CT molecular complexity index is 2530. The van der Waals surface area contributed by atoms with E-state index in [1.165, 1.54) is 24.0 Å². The minimum Gasteiger partial charge on any atom is -0.496 e. The Morgan fingerprint density at radius 2 is 0.971 bits per heavy atom. The van der Waals surface area contributed by atoms with Gasteiger partial charge in [0, 0.05) is 73.4 Å². The van der Waals surface area contributed by atoms with Crippen LogP contribution in [0.3, 0.4) is 0 Å². The van der Waals surface area contributed by atoms with Crippen molar-refractivity contribution < 1.29 is 47.7 Å². The van der Waals surface area contributed by atoms with Gasteiger partial charge in [-0.2, -0.15) is 0 Å².